The highest BCUT2D eigenvalue weighted by atomic mass is 15.1. The molecule has 4 heteroatoms. The quantitative estimate of drug-likeness (QED) is 0.821. The highest BCUT2D eigenvalue weighted by Crippen LogP contribution is 2.09. The van der Waals surface area contributed by atoms with E-state index in [0.29, 0.717) is 0 Å². The topological polar surface area (TPSA) is 53.6 Å². The Kier molecular flexibility index (Phi) is 3.31. The van der Waals surface area contributed by atoms with Gasteiger partial charge in [0.2, 0.25) is 0 Å². The molecule has 4 nitrogen and oxygen atoms in total. The van der Waals surface area contributed by atoms with Gasteiger partial charge in [-0.05, 0) is 31.5 Å². The lowest BCUT2D eigenvalue weighted by Crippen LogP contribution is -2.19. The van der Waals surface area contributed by atoms with Gasteiger partial charge in [-0.25, -0.2) is 0 Å². The summed E-state index contributed by atoms with van der Waals surface area (Å²) in [6.45, 7) is 4.95. The Hall–Kier alpha value is -1.68. The third-order valence-electron chi connectivity index (χ3n) is 2.68. The molecule has 0 fully saturated rings. The zero-order valence-electron chi connectivity index (χ0n) is 9.57. The Bertz CT molecular complexity index is 436. The highest BCUT2D eigenvalue weighted by molar-refractivity contribution is 5.17. The molecule has 1 unspecified atom stereocenters. The Morgan fingerprint density at radius 2 is 2.25 bits per heavy atom. The van der Waals surface area contributed by atoms with E-state index in [4.69, 9.17) is 0 Å². The molecule has 16 heavy (non-hydrogen) atoms. The van der Waals surface area contributed by atoms with Crippen molar-refractivity contribution in [2.24, 2.45) is 0 Å². The number of aryl methyl sites for hydroxylation is 1. The van der Waals surface area contributed by atoms with Crippen LogP contribution in [0.2, 0.25) is 0 Å². The third kappa shape index (κ3) is 2.46. The molecule has 2 aromatic heterocycles. The molecule has 2 aromatic rings. The zero-order valence-corrected chi connectivity index (χ0v) is 9.57. The SMILES string of the molecule is Cc1cccnc1CNC(C)c1ccn[nH]1. The molecule has 0 saturated heterocycles. The molecule has 0 spiro atoms. The van der Waals surface area contributed by atoms with Crippen LogP contribution in [0.15, 0.2) is 30.6 Å². The van der Waals surface area contributed by atoms with Gasteiger partial charge in [-0.3, -0.25) is 10.1 Å². The van der Waals surface area contributed by atoms with Gasteiger partial charge in [0.1, 0.15) is 0 Å². The first-order valence-corrected chi connectivity index (χ1v) is 5.40. The van der Waals surface area contributed by atoms with Crippen LogP contribution in [-0.2, 0) is 6.54 Å². The van der Waals surface area contributed by atoms with Crippen molar-refractivity contribution in [3.05, 3.63) is 47.5 Å². The minimum Gasteiger partial charge on any atom is -0.303 e. The number of aromatic nitrogens is 3. The molecule has 0 bridgehead atoms. The lowest BCUT2D eigenvalue weighted by atomic mass is 10.2. The van der Waals surface area contributed by atoms with Crippen LogP contribution in [0.5, 0.6) is 0 Å². The van der Waals surface area contributed by atoms with Crippen molar-refractivity contribution in [3.63, 3.8) is 0 Å². The number of hydrogen-bond acceptors (Lipinski definition) is 3. The number of H-pyrrole nitrogens is 1. The van der Waals surface area contributed by atoms with Gasteiger partial charge in [0.15, 0.2) is 0 Å². The molecule has 0 aliphatic carbocycles. The summed E-state index contributed by atoms with van der Waals surface area (Å²) in [4.78, 5) is 4.34. The van der Waals surface area contributed by atoms with Crippen molar-refractivity contribution >= 4 is 0 Å². The van der Waals surface area contributed by atoms with Crippen LogP contribution in [0.25, 0.3) is 0 Å². The largest absolute Gasteiger partial charge is 0.303 e. The van der Waals surface area contributed by atoms with Crippen molar-refractivity contribution in [1.82, 2.24) is 20.5 Å². The summed E-state index contributed by atoms with van der Waals surface area (Å²) < 4.78 is 0. The maximum atomic E-state index is 4.34. The molecular weight excluding hydrogens is 200 g/mol. The first-order valence-electron chi connectivity index (χ1n) is 5.40. The van der Waals surface area contributed by atoms with E-state index < -0.39 is 0 Å². The van der Waals surface area contributed by atoms with Gasteiger partial charge in [-0.15, -0.1) is 0 Å². The lowest BCUT2D eigenvalue weighted by molar-refractivity contribution is 0.552. The number of nitrogens with one attached hydrogen (secondary N) is 2. The predicted octanol–water partition coefficient (Wildman–Crippen LogP) is 1.96. The van der Waals surface area contributed by atoms with Crippen molar-refractivity contribution < 1.29 is 0 Å². The van der Waals surface area contributed by atoms with E-state index in [1.165, 1.54) is 5.56 Å². The van der Waals surface area contributed by atoms with Gasteiger partial charge in [-0.2, -0.15) is 5.10 Å². The first kappa shape index (κ1) is 10.8. The lowest BCUT2D eigenvalue weighted by Gasteiger charge is -2.12. The summed E-state index contributed by atoms with van der Waals surface area (Å²) in [5.74, 6) is 0. The van der Waals surface area contributed by atoms with Crippen molar-refractivity contribution in [3.8, 4) is 0 Å². The van der Waals surface area contributed by atoms with Gasteiger partial charge in [0.05, 0.1) is 11.4 Å². The molecule has 0 aliphatic rings. The number of rotatable bonds is 4. The zero-order chi connectivity index (χ0) is 11.4. The number of aromatic amines is 1. The smallest absolute Gasteiger partial charge is 0.0570 e. The van der Waals surface area contributed by atoms with Gasteiger partial charge in [0, 0.05) is 25.0 Å². The maximum absolute atomic E-state index is 4.34. The fraction of sp³-hybridized carbons (Fsp3) is 0.333. The number of pyridine rings is 1. The normalized spacial score (nSPS) is 12.6. The van der Waals surface area contributed by atoms with Crippen LogP contribution >= 0.6 is 0 Å². The van der Waals surface area contributed by atoms with Gasteiger partial charge in [0.25, 0.3) is 0 Å². The summed E-state index contributed by atoms with van der Waals surface area (Å²) in [5.41, 5.74) is 3.40. The fourth-order valence-corrected chi connectivity index (χ4v) is 1.57. The van der Waals surface area contributed by atoms with E-state index in [1.807, 2.05) is 18.3 Å². The molecule has 1 atom stereocenters. The average Bonchev–Trinajstić information content (AvgIpc) is 2.81. The fourth-order valence-electron chi connectivity index (χ4n) is 1.57. The third-order valence-corrected chi connectivity index (χ3v) is 2.68. The minimum absolute atomic E-state index is 0.254. The van der Waals surface area contributed by atoms with Crippen LogP contribution in [0.1, 0.15) is 29.9 Å². The van der Waals surface area contributed by atoms with Crippen LogP contribution in [0.3, 0.4) is 0 Å². The van der Waals surface area contributed by atoms with Crippen molar-refractivity contribution in [2.75, 3.05) is 0 Å². The monoisotopic (exact) mass is 216 g/mol. The molecule has 2 N–H and O–H groups in total. The minimum atomic E-state index is 0.254. The van der Waals surface area contributed by atoms with Crippen LogP contribution < -0.4 is 5.32 Å². The summed E-state index contributed by atoms with van der Waals surface area (Å²) in [6.07, 6.45) is 3.59. The van der Waals surface area contributed by atoms with Gasteiger partial charge < -0.3 is 5.32 Å². The van der Waals surface area contributed by atoms with Gasteiger partial charge >= 0.3 is 0 Å². The first-order chi connectivity index (χ1) is 7.77. The van der Waals surface area contributed by atoms with Crippen LogP contribution in [-0.4, -0.2) is 15.2 Å². The molecule has 2 rings (SSSR count). The van der Waals surface area contributed by atoms with E-state index >= 15 is 0 Å². The predicted molar refractivity (Wildman–Crippen MR) is 62.8 cm³/mol. The second kappa shape index (κ2) is 4.90. The van der Waals surface area contributed by atoms with E-state index in [0.717, 1.165) is 17.9 Å². The second-order valence-electron chi connectivity index (χ2n) is 3.88. The second-order valence-corrected chi connectivity index (χ2v) is 3.88. The molecular formula is C12H16N4. The van der Waals surface area contributed by atoms with Gasteiger partial charge in [-0.1, -0.05) is 6.07 Å². The molecule has 0 amide bonds. The Labute approximate surface area is 95.1 Å². The van der Waals surface area contributed by atoms with Crippen LogP contribution in [0, 0.1) is 6.92 Å². The van der Waals surface area contributed by atoms with Crippen molar-refractivity contribution in [1.29, 1.82) is 0 Å². The highest BCUT2D eigenvalue weighted by Gasteiger charge is 2.06. The van der Waals surface area contributed by atoms with E-state index in [2.05, 4.69) is 40.4 Å². The van der Waals surface area contributed by atoms with E-state index in [1.54, 1.807) is 6.20 Å². The summed E-state index contributed by atoms with van der Waals surface area (Å²) in [6, 6.07) is 6.26. The molecule has 0 saturated carbocycles. The number of hydrogen-bond donors (Lipinski definition) is 2. The Balaban J connectivity index is 1.95. The maximum Gasteiger partial charge on any atom is 0.0570 e. The van der Waals surface area contributed by atoms with E-state index in [9.17, 15) is 0 Å². The Morgan fingerprint density at radius 3 is 2.94 bits per heavy atom. The van der Waals surface area contributed by atoms with Crippen molar-refractivity contribution in [2.45, 2.75) is 26.4 Å². The summed E-state index contributed by atoms with van der Waals surface area (Å²) >= 11 is 0. The summed E-state index contributed by atoms with van der Waals surface area (Å²) in [5, 5.41) is 10.3. The number of nitrogens with zero attached hydrogens (tertiary/aromatic N) is 2. The molecule has 84 valence electrons. The molecule has 0 aliphatic heterocycles. The summed E-state index contributed by atoms with van der Waals surface area (Å²) in [7, 11) is 0. The standard InChI is InChI=1S/C12H16N4/c1-9-4-3-6-13-12(9)8-14-10(2)11-5-7-15-16-11/h3-7,10,14H,8H2,1-2H3,(H,15,16). The molecule has 0 radical (unpaired) electrons. The molecule has 0 aromatic carbocycles. The Morgan fingerprint density at radius 1 is 1.38 bits per heavy atom. The molecule has 2 heterocycles. The van der Waals surface area contributed by atoms with E-state index in [-0.39, 0.29) is 6.04 Å². The van der Waals surface area contributed by atoms with Crippen LogP contribution in [0.4, 0.5) is 0 Å². The average molecular weight is 216 g/mol.